The third-order valence-corrected chi connectivity index (χ3v) is 1.34. The lowest BCUT2D eigenvalue weighted by atomic mass is 10.5. The normalized spacial score (nSPS) is 8.00. The molecule has 0 aliphatic carbocycles. The van der Waals surface area contributed by atoms with Crippen molar-refractivity contribution < 1.29 is 4.70 Å². The third-order valence-electron chi connectivity index (χ3n) is 1.34. The molecule has 0 spiro atoms. The number of hydrogen-bond donors (Lipinski definition) is 1. The number of halogens is 1. The van der Waals surface area contributed by atoms with Crippen molar-refractivity contribution in [3.63, 3.8) is 0 Å². The van der Waals surface area contributed by atoms with Gasteiger partial charge in [-0.05, 0) is 19.6 Å². The lowest BCUT2D eigenvalue weighted by Crippen LogP contribution is -3.00. The predicted octanol–water partition coefficient (Wildman–Crippen LogP) is -1.27. The van der Waals surface area contributed by atoms with Gasteiger partial charge in [-0.25, -0.2) is 0 Å². The molecule has 9 heavy (non-hydrogen) atoms. The van der Waals surface area contributed by atoms with E-state index in [9.17, 15) is 0 Å². The predicted molar refractivity (Wildman–Crippen MR) is 39.4 cm³/mol. The van der Waals surface area contributed by atoms with Crippen LogP contribution in [0.25, 0.3) is 0 Å². The van der Waals surface area contributed by atoms with Crippen LogP contribution in [0.4, 0.5) is 0 Å². The zero-order valence-electron chi connectivity index (χ0n) is 6.95. The highest BCUT2D eigenvalue weighted by Gasteiger charge is 1.89. The van der Waals surface area contributed by atoms with Crippen molar-refractivity contribution in [3.8, 4) is 0 Å². The molecule has 2 nitrogen and oxygen atoms in total. The Hall–Kier alpha value is -0.150. The van der Waals surface area contributed by atoms with Gasteiger partial charge in [0.15, 0.2) is 0 Å². The van der Waals surface area contributed by atoms with Crippen LogP contribution in [0.5, 0.6) is 0 Å². The summed E-state index contributed by atoms with van der Waals surface area (Å²) in [5, 5.41) is 0. The minimum atomic E-state index is 0. The van der Waals surface area contributed by atoms with Crippen LogP contribution in [0.2, 0.25) is 0 Å². The van der Waals surface area contributed by atoms with E-state index in [1.807, 2.05) is 0 Å². The van der Waals surface area contributed by atoms with Crippen LogP contribution < -0.4 is 10.9 Å². The molecule has 4 N–H and O–H groups in total. The Morgan fingerprint density at radius 1 is 0.889 bits per heavy atom. The molecule has 0 radical (unpaired) electrons. The molecule has 0 saturated heterocycles. The summed E-state index contributed by atoms with van der Waals surface area (Å²) in [5.74, 6) is 0. The van der Waals surface area contributed by atoms with E-state index >= 15 is 0 Å². The smallest absolute Gasteiger partial charge is 0.00474 e. The summed E-state index contributed by atoms with van der Waals surface area (Å²) in [6, 6.07) is 0. The van der Waals surface area contributed by atoms with Gasteiger partial charge in [0.25, 0.3) is 0 Å². The molecule has 0 atom stereocenters. The lowest BCUT2D eigenvalue weighted by Gasteiger charge is -2.13. The number of nitrogens with zero attached hydrogens (tertiary/aromatic N) is 1. The van der Waals surface area contributed by atoms with Crippen molar-refractivity contribution in [1.82, 2.24) is 11.1 Å². The van der Waals surface area contributed by atoms with Gasteiger partial charge in [0.05, 0.1) is 0 Å². The summed E-state index contributed by atoms with van der Waals surface area (Å²) in [5.41, 5.74) is 0. The first-order valence-corrected chi connectivity index (χ1v) is 3.07. The first-order valence-electron chi connectivity index (χ1n) is 3.07. The largest absolute Gasteiger partial charge is 1.00 e. The molecule has 3 heteroatoms. The second kappa shape index (κ2) is 10.8. The molecule has 0 rings (SSSR count). The second-order valence-corrected chi connectivity index (χ2v) is 1.62. The van der Waals surface area contributed by atoms with Gasteiger partial charge in [-0.1, -0.05) is 20.8 Å². The molecular weight excluding hydrogens is 119 g/mol. The molecule has 0 aromatic rings. The van der Waals surface area contributed by atoms with Crippen LogP contribution in [-0.2, 0) is 0 Å². The van der Waals surface area contributed by atoms with Crippen molar-refractivity contribution in [3.05, 3.63) is 0 Å². The molecular formula is C6H19FN2. The summed E-state index contributed by atoms with van der Waals surface area (Å²) >= 11 is 0. The molecule has 0 unspecified atom stereocenters. The van der Waals surface area contributed by atoms with Gasteiger partial charge in [-0.15, -0.1) is 0 Å². The van der Waals surface area contributed by atoms with Crippen molar-refractivity contribution in [1.29, 1.82) is 0 Å². The Morgan fingerprint density at radius 2 is 1.11 bits per heavy atom. The number of hydrogen-bond acceptors (Lipinski definition) is 1. The van der Waals surface area contributed by atoms with Crippen molar-refractivity contribution in [2.24, 2.45) is 0 Å². The van der Waals surface area contributed by atoms with E-state index in [0.29, 0.717) is 0 Å². The van der Waals surface area contributed by atoms with Gasteiger partial charge in [-0.3, -0.25) is 0 Å². The number of rotatable bonds is 3. The average molecular weight is 138 g/mol. The first kappa shape index (κ1) is 15.9. The highest BCUT2D eigenvalue weighted by Crippen LogP contribution is 1.81. The molecule has 0 fully saturated rings. The van der Waals surface area contributed by atoms with E-state index in [2.05, 4.69) is 25.7 Å². The SMILES string of the molecule is CCN(CC)CC.[F-].[NH4+]. The maximum Gasteiger partial charge on any atom is -0.00474 e. The van der Waals surface area contributed by atoms with E-state index in [1.54, 1.807) is 0 Å². The topological polar surface area (TPSA) is 39.7 Å². The average Bonchev–Trinajstić information content (AvgIpc) is 1.72. The van der Waals surface area contributed by atoms with E-state index in [0.717, 1.165) is 0 Å². The van der Waals surface area contributed by atoms with Crippen LogP contribution in [-0.4, -0.2) is 24.5 Å². The van der Waals surface area contributed by atoms with Crippen molar-refractivity contribution in [2.75, 3.05) is 19.6 Å². The summed E-state index contributed by atoms with van der Waals surface area (Å²) in [6.45, 7) is 10.1. The van der Waals surface area contributed by atoms with E-state index in [1.165, 1.54) is 19.6 Å². The lowest BCUT2D eigenvalue weighted by molar-refractivity contribution is -0.00000222. The van der Waals surface area contributed by atoms with Gasteiger partial charge < -0.3 is 15.8 Å². The standard InChI is InChI=1S/C6H15N.FH.H3N/c1-4-7(5-2)6-3;;/h4-6H2,1-3H3;1H;1H3. The molecule has 0 bridgehead atoms. The van der Waals surface area contributed by atoms with E-state index < -0.39 is 0 Å². The van der Waals surface area contributed by atoms with Gasteiger partial charge in [0.1, 0.15) is 0 Å². The summed E-state index contributed by atoms with van der Waals surface area (Å²) < 4.78 is 0. The molecule has 0 aliphatic heterocycles. The van der Waals surface area contributed by atoms with Crippen LogP contribution in [0.3, 0.4) is 0 Å². The minimum absolute atomic E-state index is 0. The number of quaternary nitrogens is 1. The van der Waals surface area contributed by atoms with Gasteiger partial charge in [-0.2, -0.15) is 0 Å². The summed E-state index contributed by atoms with van der Waals surface area (Å²) in [7, 11) is 0. The van der Waals surface area contributed by atoms with Gasteiger partial charge >= 0.3 is 0 Å². The fourth-order valence-corrected chi connectivity index (χ4v) is 0.671. The first-order chi connectivity index (χ1) is 3.35. The van der Waals surface area contributed by atoms with Crippen LogP contribution in [0.1, 0.15) is 20.8 Å². The Balaban J connectivity index is -0.000000180. The van der Waals surface area contributed by atoms with Crippen molar-refractivity contribution in [2.45, 2.75) is 20.8 Å². The second-order valence-electron chi connectivity index (χ2n) is 1.62. The molecule has 60 valence electrons. The highest BCUT2D eigenvalue weighted by molar-refractivity contribution is 4.43. The van der Waals surface area contributed by atoms with Crippen molar-refractivity contribution >= 4 is 0 Å². The fourth-order valence-electron chi connectivity index (χ4n) is 0.671. The van der Waals surface area contributed by atoms with E-state index in [4.69, 9.17) is 0 Å². The molecule has 0 saturated carbocycles. The minimum Gasteiger partial charge on any atom is -1.00 e. The summed E-state index contributed by atoms with van der Waals surface area (Å²) in [6.07, 6.45) is 0. The maximum absolute atomic E-state index is 2.38. The molecule has 0 aromatic heterocycles. The van der Waals surface area contributed by atoms with Crippen LogP contribution in [0, 0.1) is 0 Å². The Morgan fingerprint density at radius 3 is 1.11 bits per heavy atom. The Kier molecular flexibility index (Phi) is 19.1. The van der Waals surface area contributed by atoms with Crippen LogP contribution in [0.15, 0.2) is 0 Å². The third kappa shape index (κ3) is 7.85. The Labute approximate surface area is 57.2 Å². The zero-order chi connectivity index (χ0) is 5.70. The zero-order valence-corrected chi connectivity index (χ0v) is 6.95. The van der Waals surface area contributed by atoms with Gasteiger partial charge in [0.2, 0.25) is 0 Å². The monoisotopic (exact) mass is 138 g/mol. The quantitative estimate of drug-likeness (QED) is 0.519. The molecule has 0 aromatic carbocycles. The molecule has 0 aliphatic rings. The molecule has 0 heterocycles. The van der Waals surface area contributed by atoms with E-state index in [-0.39, 0.29) is 10.9 Å². The van der Waals surface area contributed by atoms with Gasteiger partial charge in [0, 0.05) is 0 Å². The fraction of sp³-hybridized carbons (Fsp3) is 1.00. The van der Waals surface area contributed by atoms with Crippen LogP contribution >= 0.6 is 0 Å². The molecule has 0 amide bonds. The Bertz CT molecular complexity index is 32.5. The summed E-state index contributed by atoms with van der Waals surface area (Å²) in [4.78, 5) is 2.38. The highest BCUT2D eigenvalue weighted by atomic mass is 19.0. The maximum atomic E-state index is 2.38.